The van der Waals surface area contributed by atoms with Crippen LogP contribution < -0.4 is 5.32 Å². The Balaban J connectivity index is 2.03. The van der Waals surface area contributed by atoms with Crippen LogP contribution in [0.25, 0.3) is 6.08 Å². The molecular weight excluding hydrogens is 224 g/mol. The lowest BCUT2D eigenvalue weighted by Crippen LogP contribution is -2.45. The molecular formula is C15H20N2O. The van der Waals surface area contributed by atoms with Gasteiger partial charge in [0.25, 0.3) is 0 Å². The van der Waals surface area contributed by atoms with E-state index in [9.17, 15) is 4.79 Å². The highest BCUT2D eigenvalue weighted by Gasteiger charge is 2.13. The molecule has 18 heavy (non-hydrogen) atoms. The lowest BCUT2D eigenvalue weighted by atomic mass is 10.1. The Bertz CT molecular complexity index is 460. The summed E-state index contributed by atoms with van der Waals surface area (Å²) in [5.41, 5.74) is 3.57. The van der Waals surface area contributed by atoms with Crippen molar-refractivity contribution in [1.82, 2.24) is 10.2 Å². The predicted molar refractivity (Wildman–Crippen MR) is 74.4 cm³/mol. The van der Waals surface area contributed by atoms with Gasteiger partial charge in [-0.25, -0.2) is 0 Å². The largest absolute Gasteiger partial charge is 0.337 e. The number of amides is 1. The van der Waals surface area contributed by atoms with E-state index in [-0.39, 0.29) is 5.91 Å². The molecule has 1 N–H and O–H groups in total. The van der Waals surface area contributed by atoms with Crippen molar-refractivity contribution in [3.05, 3.63) is 41.0 Å². The van der Waals surface area contributed by atoms with Gasteiger partial charge in [0.1, 0.15) is 0 Å². The van der Waals surface area contributed by atoms with Crippen LogP contribution in [0.3, 0.4) is 0 Å². The van der Waals surface area contributed by atoms with Crippen molar-refractivity contribution in [1.29, 1.82) is 0 Å². The summed E-state index contributed by atoms with van der Waals surface area (Å²) in [6, 6.07) is 6.27. The average Bonchev–Trinajstić information content (AvgIpc) is 2.38. The Kier molecular flexibility index (Phi) is 4.15. The van der Waals surface area contributed by atoms with Crippen molar-refractivity contribution in [2.24, 2.45) is 0 Å². The number of piperazine rings is 1. The summed E-state index contributed by atoms with van der Waals surface area (Å²) in [4.78, 5) is 13.8. The zero-order valence-electron chi connectivity index (χ0n) is 11.1. The van der Waals surface area contributed by atoms with Crippen molar-refractivity contribution in [3.8, 4) is 0 Å². The third-order valence-corrected chi connectivity index (χ3v) is 3.26. The molecule has 0 radical (unpaired) electrons. The van der Waals surface area contributed by atoms with Gasteiger partial charge in [-0.15, -0.1) is 0 Å². The summed E-state index contributed by atoms with van der Waals surface area (Å²) in [5.74, 6) is 0.108. The molecule has 96 valence electrons. The molecule has 1 saturated heterocycles. The van der Waals surface area contributed by atoms with E-state index in [0.717, 1.165) is 31.7 Å². The van der Waals surface area contributed by atoms with Crippen molar-refractivity contribution in [2.75, 3.05) is 26.2 Å². The van der Waals surface area contributed by atoms with Crippen LogP contribution in [0, 0.1) is 13.8 Å². The molecule has 3 heteroatoms. The fourth-order valence-electron chi connectivity index (χ4n) is 2.16. The molecule has 0 bridgehead atoms. The molecule has 0 aromatic heterocycles. The lowest BCUT2D eigenvalue weighted by molar-refractivity contribution is -0.126. The van der Waals surface area contributed by atoms with E-state index in [0.29, 0.717) is 0 Å². The van der Waals surface area contributed by atoms with E-state index < -0.39 is 0 Å². The maximum Gasteiger partial charge on any atom is 0.246 e. The van der Waals surface area contributed by atoms with Gasteiger partial charge in [-0.3, -0.25) is 4.79 Å². The molecule has 1 amide bonds. The van der Waals surface area contributed by atoms with Crippen LogP contribution in [-0.4, -0.2) is 37.0 Å². The van der Waals surface area contributed by atoms with Crippen molar-refractivity contribution >= 4 is 12.0 Å². The fraction of sp³-hybridized carbons (Fsp3) is 0.400. The van der Waals surface area contributed by atoms with E-state index >= 15 is 0 Å². The van der Waals surface area contributed by atoms with Gasteiger partial charge in [-0.2, -0.15) is 0 Å². The summed E-state index contributed by atoms with van der Waals surface area (Å²) in [5, 5.41) is 3.24. The molecule has 0 atom stereocenters. The zero-order valence-corrected chi connectivity index (χ0v) is 11.1. The number of nitrogens with one attached hydrogen (secondary N) is 1. The van der Waals surface area contributed by atoms with Crippen LogP contribution in [0.5, 0.6) is 0 Å². The molecule has 0 spiro atoms. The van der Waals surface area contributed by atoms with Crippen molar-refractivity contribution < 1.29 is 4.79 Å². The number of hydrogen-bond acceptors (Lipinski definition) is 2. The second-order valence-corrected chi connectivity index (χ2v) is 4.77. The van der Waals surface area contributed by atoms with Crippen LogP contribution in [0.2, 0.25) is 0 Å². The topological polar surface area (TPSA) is 32.3 Å². The fourth-order valence-corrected chi connectivity index (χ4v) is 2.16. The Morgan fingerprint density at radius 3 is 2.67 bits per heavy atom. The maximum absolute atomic E-state index is 12.0. The Morgan fingerprint density at radius 1 is 1.28 bits per heavy atom. The van der Waals surface area contributed by atoms with Gasteiger partial charge in [-0.1, -0.05) is 23.8 Å². The molecule has 1 aliphatic heterocycles. The average molecular weight is 244 g/mol. The van der Waals surface area contributed by atoms with Gasteiger partial charge in [0.2, 0.25) is 5.91 Å². The van der Waals surface area contributed by atoms with E-state index in [1.54, 1.807) is 6.08 Å². The number of benzene rings is 1. The number of carbonyl (C=O) groups excluding carboxylic acids is 1. The first-order valence-electron chi connectivity index (χ1n) is 6.42. The highest BCUT2D eigenvalue weighted by molar-refractivity contribution is 5.92. The molecule has 1 fully saturated rings. The second-order valence-electron chi connectivity index (χ2n) is 4.77. The number of nitrogens with zero attached hydrogens (tertiary/aromatic N) is 1. The van der Waals surface area contributed by atoms with Crippen LogP contribution in [-0.2, 0) is 4.79 Å². The molecule has 1 aliphatic rings. The third kappa shape index (κ3) is 3.20. The van der Waals surface area contributed by atoms with Crippen LogP contribution >= 0.6 is 0 Å². The van der Waals surface area contributed by atoms with Gasteiger partial charge in [0, 0.05) is 32.3 Å². The summed E-state index contributed by atoms with van der Waals surface area (Å²) in [6.45, 7) is 7.53. The first kappa shape index (κ1) is 12.8. The smallest absolute Gasteiger partial charge is 0.246 e. The van der Waals surface area contributed by atoms with E-state index in [1.165, 1.54) is 11.1 Å². The minimum Gasteiger partial charge on any atom is -0.337 e. The number of rotatable bonds is 2. The molecule has 1 heterocycles. The minimum atomic E-state index is 0.108. The molecule has 3 nitrogen and oxygen atoms in total. The van der Waals surface area contributed by atoms with Crippen LogP contribution in [0.15, 0.2) is 24.3 Å². The standard InChI is InChI=1S/C15H20N2O/c1-12-3-4-14(13(2)11-12)5-6-15(18)17-9-7-16-8-10-17/h3-6,11,16H,7-10H2,1-2H3/b6-5+. The summed E-state index contributed by atoms with van der Waals surface area (Å²) >= 11 is 0. The van der Waals surface area contributed by atoms with Crippen LogP contribution in [0.1, 0.15) is 16.7 Å². The highest BCUT2D eigenvalue weighted by Crippen LogP contribution is 2.12. The second kappa shape index (κ2) is 5.83. The first-order valence-corrected chi connectivity index (χ1v) is 6.42. The quantitative estimate of drug-likeness (QED) is 0.804. The van der Waals surface area contributed by atoms with Crippen LogP contribution in [0.4, 0.5) is 0 Å². The third-order valence-electron chi connectivity index (χ3n) is 3.26. The molecule has 0 unspecified atom stereocenters. The van der Waals surface area contributed by atoms with Gasteiger partial charge < -0.3 is 10.2 Å². The maximum atomic E-state index is 12.0. The van der Waals surface area contributed by atoms with E-state index in [1.807, 2.05) is 11.0 Å². The van der Waals surface area contributed by atoms with Gasteiger partial charge in [0.15, 0.2) is 0 Å². The van der Waals surface area contributed by atoms with Gasteiger partial charge in [-0.05, 0) is 31.1 Å². The SMILES string of the molecule is Cc1ccc(/C=C/C(=O)N2CCNCC2)c(C)c1. The normalized spacial score (nSPS) is 16.2. The molecule has 1 aromatic carbocycles. The Morgan fingerprint density at radius 2 is 2.00 bits per heavy atom. The zero-order chi connectivity index (χ0) is 13.0. The van der Waals surface area contributed by atoms with Gasteiger partial charge >= 0.3 is 0 Å². The molecule has 1 aromatic rings. The molecule has 2 rings (SSSR count). The number of hydrogen-bond donors (Lipinski definition) is 1. The van der Waals surface area contributed by atoms with Crippen molar-refractivity contribution in [2.45, 2.75) is 13.8 Å². The highest BCUT2D eigenvalue weighted by atomic mass is 16.2. The summed E-state index contributed by atoms with van der Waals surface area (Å²) in [7, 11) is 0. The lowest BCUT2D eigenvalue weighted by Gasteiger charge is -2.26. The van der Waals surface area contributed by atoms with Crippen molar-refractivity contribution in [3.63, 3.8) is 0 Å². The Hall–Kier alpha value is -1.61. The minimum absolute atomic E-state index is 0.108. The first-order chi connectivity index (χ1) is 8.66. The summed E-state index contributed by atoms with van der Waals surface area (Å²) < 4.78 is 0. The molecule has 0 aliphatic carbocycles. The predicted octanol–water partition coefficient (Wildman–Crippen LogP) is 1.75. The van der Waals surface area contributed by atoms with Gasteiger partial charge in [0.05, 0.1) is 0 Å². The van der Waals surface area contributed by atoms with E-state index in [2.05, 4.69) is 37.4 Å². The number of carbonyl (C=O) groups is 1. The molecule has 0 saturated carbocycles. The number of aryl methyl sites for hydroxylation is 2. The monoisotopic (exact) mass is 244 g/mol. The van der Waals surface area contributed by atoms with E-state index in [4.69, 9.17) is 0 Å². The summed E-state index contributed by atoms with van der Waals surface area (Å²) in [6.07, 6.45) is 3.60. The Labute approximate surface area is 108 Å².